The van der Waals surface area contributed by atoms with Crippen molar-refractivity contribution in [3.05, 3.63) is 40.9 Å². The smallest absolute Gasteiger partial charge is 0.185 e. The van der Waals surface area contributed by atoms with E-state index in [1.807, 2.05) is 23.7 Å². The largest absolute Gasteiger partial charge is 0.491 e. The van der Waals surface area contributed by atoms with Crippen LogP contribution >= 0.6 is 22.9 Å². The van der Waals surface area contributed by atoms with Gasteiger partial charge in [0.25, 0.3) is 0 Å². The number of nitrogens with zero attached hydrogens (tertiary/aromatic N) is 3. The molecule has 0 spiro atoms. The lowest BCUT2D eigenvalue weighted by Gasteiger charge is -2.35. The Morgan fingerprint density at radius 3 is 2.61 bits per heavy atom. The van der Waals surface area contributed by atoms with Crippen molar-refractivity contribution in [2.24, 2.45) is 0 Å². The van der Waals surface area contributed by atoms with Crippen molar-refractivity contribution in [1.82, 2.24) is 9.88 Å². The van der Waals surface area contributed by atoms with Crippen molar-refractivity contribution >= 4 is 28.1 Å². The van der Waals surface area contributed by atoms with Crippen LogP contribution in [0.5, 0.6) is 5.75 Å². The third-order valence-electron chi connectivity index (χ3n) is 3.79. The van der Waals surface area contributed by atoms with E-state index >= 15 is 0 Å². The number of hydrogen-bond acceptors (Lipinski definition) is 6. The van der Waals surface area contributed by atoms with Crippen LogP contribution in [0.1, 0.15) is 0 Å². The standard InChI is InChI=1S/C16H20ClN3O2S/c17-13-1-3-15(4-2-13)22-12-14(21)11-19-6-8-20(9-7-19)16-18-5-10-23-16/h1-5,10,14,21H,6-9,11-12H2/t14-/m1/s1. The molecule has 1 aliphatic rings. The van der Waals surface area contributed by atoms with Crippen molar-refractivity contribution in [3.8, 4) is 5.75 Å². The molecule has 0 saturated carbocycles. The first-order valence-electron chi connectivity index (χ1n) is 7.64. The van der Waals surface area contributed by atoms with E-state index in [-0.39, 0.29) is 6.61 Å². The lowest BCUT2D eigenvalue weighted by atomic mass is 10.2. The number of ether oxygens (including phenoxy) is 1. The Morgan fingerprint density at radius 1 is 1.22 bits per heavy atom. The van der Waals surface area contributed by atoms with Gasteiger partial charge in [-0.05, 0) is 24.3 Å². The van der Waals surface area contributed by atoms with Gasteiger partial charge in [0, 0.05) is 49.3 Å². The molecule has 124 valence electrons. The lowest BCUT2D eigenvalue weighted by molar-refractivity contribution is 0.0663. The molecule has 1 fully saturated rings. The van der Waals surface area contributed by atoms with Gasteiger partial charge in [-0.1, -0.05) is 11.6 Å². The first kappa shape index (κ1) is 16.5. The molecule has 1 saturated heterocycles. The molecule has 1 aromatic carbocycles. The van der Waals surface area contributed by atoms with Crippen molar-refractivity contribution in [2.45, 2.75) is 6.10 Å². The molecule has 1 atom stereocenters. The predicted molar refractivity (Wildman–Crippen MR) is 93.7 cm³/mol. The minimum Gasteiger partial charge on any atom is -0.491 e. The van der Waals surface area contributed by atoms with Crippen LogP contribution < -0.4 is 9.64 Å². The molecule has 1 N–H and O–H groups in total. The first-order chi connectivity index (χ1) is 11.2. The van der Waals surface area contributed by atoms with Gasteiger partial charge in [-0.3, -0.25) is 4.90 Å². The second-order valence-electron chi connectivity index (χ2n) is 5.52. The number of thiazole rings is 1. The summed E-state index contributed by atoms with van der Waals surface area (Å²) in [4.78, 5) is 8.90. The van der Waals surface area contributed by atoms with Crippen LogP contribution in [0.25, 0.3) is 0 Å². The van der Waals surface area contributed by atoms with Gasteiger partial charge in [0.1, 0.15) is 18.5 Å². The van der Waals surface area contributed by atoms with Gasteiger partial charge >= 0.3 is 0 Å². The molecule has 1 aliphatic heterocycles. The molecule has 0 unspecified atom stereocenters. The Labute approximate surface area is 145 Å². The number of piperazine rings is 1. The van der Waals surface area contributed by atoms with Gasteiger partial charge in [0.15, 0.2) is 5.13 Å². The zero-order chi connectivity index (χ0) is 16.1. The van der Waals surface area contributed by atoms with Crippen LogP contribution in [0.3, 0.4) is 0 Å². The van der Waals surface area contributed by atoms with Crippen molar-refractivity contribution in [3.63, 3.8) is 0 Å². The Bertz CT molecular complexity index is 586. The summed E-state index contributed by atoms with van der Waals surface area (Å²) < 4.78 is 5.59. The third kappa shape index (κ3) is 4.81. The molecule has 0 amide bonds. The molecule has 1 aromatic heterocycles. The van der Waals surface area contributed by atoms with E-state index in [2.05, 4.69) is 14.8 Å². The SMILES string of the molecule is O[C@@H](COc1ccc(Cl)cc1)CN1CCN(c2nccs2)CC1. The fraction of sp³-hybridized carbons (Fsp3) is 0.438. The molecule has 0 aliphatic carbocycles. The van der Waals surface area contributed by atoms with E-state index in [4.69, 9.17) is 16.3 Å². The Morgan fingerprint density at radius 2 is 1.96 bits per heavy atom. The topological polar surface area (TPSA) is 48.8 Å². The number of halogens is 1. The highest BCUT2D eigenvalue weighted by Gasteiger charge is 2.20. The number of aliphatic hydroxyl groups excluding tert-OH is 1. The van der Waals surface area contributed by atoms with Crippen molar-refractivity contribution in [2.75, 3.05) is 44.2 Å². The van der Waals surface area contributed by atoms with Crippen LogP contribution in [0.2, 0.25) is 5.02 Å². The molecule has 3 rings (SSSR count). The zero-order valence-corrected chi connectivity index (χ0v) is 14.3. The molecule has 2 heterocycles. The Balaban J connectivity index is 1.39. The number of β-amino-alcohol motifs (C(OH)–C–C–N with tert-alkyl or cyclic N) is 1. The Hall–Kier alpha value is -1.34. The third-order valence-corrected chi connectivity index (χ3v) is 4.87. The average molecular weight is 354 g/mol. The summed E-state index contributed by atoms with van der Waals surface area (Å²) in [6.45, 7) is 4.65. The van der Waals surface area contributed by atoms with E-state index in [1.54, 1.807) is 23.5 Å². The number of anilines is 1. The fourth-order valence-electron chi connectivity index (χ4n) is 2.57. The van der Waals surface area contributed by atoms with Crippen LogP contribution in [0, 0.1) is 0 Å². The van der Waals surface area contributed by atoms with E-state index < -0.39 is 6.10 Å². The first-order valence-corrected chi connectivity index (χ1v) is 8.90. The molecule has 0 radical (unpaired) electrons. The monoisotopic (exact) mass is 353 g/mol. The number of aliphatic hydroxyl groups is 1. The zero-order valence-electron chi connectivity index (χ0n) is 12.8. The van der Waals surface area contributed by atoms with E-state index in [1.165, 1.54) is 0 Å². The molecule has 0 bridgehead atoms. The van der Waals surface area contributed by atoms with Gasteiger partial charge in [0.05, 0.1) is 0 Å². The van der Waals surface area contributed by atoms with Gasteiger partial charge in [-0.25, -0.2) is 4.98 Å². The van der Waals surface area contributed by atoms with Gasteiger partial charge < -0.3 is 14.7 Å². The normalized spacial score (nSPS) is 17.2. The van der Waals surface area contributed by atoms with E-state index in [0.717, 1.165) is 37.1 Å². The summed E-state index contributed by atoms with van der Waals surface area (Å²) in [6, 6.07) is 7.17. The minimum absolute atomic E-state index is 0.286. The highest BCUT2D eigenvalue weighted by atomic mass is 35.5. The molecular formula is C16H20ClN3O2S. The molecule has 5 nitrogen and oxygen atoms in total. The predicted octanol–water partition coefficient (Wildman–Crippen LogP) is 2.36. The maximum atomic E-state index is 10.2. The van der Waals surface area contributed by atoms with Gasteiger partial charge in [-0.2, -0.15) is 0 Å². The summed E-state index contributed by atoms with van der Waals surface area (Å²) in [5.74, 6) is 0.724. The summed E-state index contributed by atoms with van der Waals surface area (Å²) in [7, 11) is 0. The van der Waals surface area contributed by atoms with Crippen LogP contribution in [0.4, 0.5) is 5.13 Å². The van der Waals surface area contributed by atoms with E-state index in [9.17, 15) is 5.11 Å². The number of rotatable bonds is 6. The minimum atomic E-state index is -0.503. The Kier molecular flexibility index (Phi) is 5.72. The van der Waals surface area contributed by atoms with Crippen LogP contribution in [-0.4, -0.2) is 60.4 Å². The number of aromatic nitrogens is 1. The summed E-state index contributed by atoms with van der Waals surface area (Å²) in [5.41, 5.74) is 0. The fourth-order valence-corrected chi connectivity index (χ4v) is 3.39. The summed E-state index contributed by atoms with van der Waals surface area (Å²) in [6.07, 6.45) is 1.33. The molecular weight excluding hydrogens is 334 g/mol. The number of hydrogen-bond donors (Lipinski definition) is 1. The van der Waals surface area contributed by atoms with Crippen molar-refractivity contribution < 1.29 is 9.84 Å². The van der Waals surface area contributed by atoms with Gasteiger partial charge in [-0.15, -0.1) is 11.3 Å². The van der Waals surface area contributed by atoms with Gasteiger partial charge in [0.2, 0.25) is 0 Å². The lowest BCUT2D eigenvalue weighted by Crippen LogP contribution is -2.49. The molecule has 2 aromatic rings. The second kappa shape index (κ2) is 7.97. The average Bonchev–Trinajstić information content (AvgIpc) is 3.09. The summed E-state index contributed by atoms with van der Waals surface area (Å²) in [5, 5.41) is 13.9. The molecule has 23 heavy (non-hydrogen) atoms. The van der Waals surface area contributed by atoms with E-state index in [0.29, 0.717) is 11.6 Å². The second-order valence-corrected chi connectivity index (χ2v) is 6.83. The maximum Gasteiger partial charge on any atom is 0.185 e. The molecule has 7 heteroatoms. The summed E-state index contributed by atoms with van der Waals surface area (Å²) >= 11 is 7.50. The van der Waals surface area contributed by atoms with Crippen LogP contribution in [-0.2, 0) is 0 Å². The van der Waals surface area contributed by atoms with Crippen molar-refractivity contribution in [1.29, 1.82) is 0 Å². The highest BCUT2D eigenvalue weighted by Crippen LogP contribution is 2.19. The highest BCUT2D eigenvalue weighted by molar-refractivity contribution is 7.13. The quantitative estimate of drug-likeness (QED) is 0.864. The van der Waals surface area contributed by atoms with Crippen LogP contribution in [0.15, 0.2) is 35.8 Å². The number of benzene rings is 1. The maximum absolute atomic E-state index is 10.2.